The van der Waals surface area contributed by atoms with Crippen LogP contribution in [0.5, 0.6) is 0 Å². The van der Waals surface area contributed by atoms with E-state index >= 15 is 0 Å². The van der Waals surface area contributed by atoms with Crippen LogP contribution in [0.2, 0.25) is 0 Å². The lowest BCUT2D eigenvalue weighted by Crippen LogP contribution is -2.44. The number of hydrogen-bond donors (Lipinski definition) is 2. The summed E-state index contributed by atoms with van der Waals surface area (Å²) < 4.78 is 5.32. The number of ether oxygens (including phenoxy) is 1. The molecule has 0 bridgehead atoms. The van der Waals surface area contributed by atoms with Crippen LogP contribution in [0, 0.1) is 0 Å². The molecule has 1 saturated carbocycles. The molecule has 1 heterocycles. The lowest BCUT2D eigenvalue weighted by atomic mass is 9.96. The van der Waals surface area contributed by atoms with Crippen molar-refractivity contribution in [3.8, 4) is 0 Å². The third-order valence-electron chi connectivity index (χ3n) is 3.97. The van der Waals surface area contributed by atoms with E-state index in [0.717, 1.165) is 38.6 Å². The Hall–Kier alpha value is -0.300. The van der Waals surface area contributed by atoms with Crippen LogP contribution in [-0.2, 0) is 4.74 Å². The van der Waals surface area contributed by atoms with E-state index in [2.05, 4.69) is 21.7 Å². The maximum Gasteiger partial charge on any atom is 0.191 e. The molecule has 0 aromatic heterocycles. The largest absolute Gasteiger partial charge is 0.377 e. The second kappa shape index (κ2) is 10.4. The summed E-state index contributed by atoms with van der Waals surface area (Å²) in [6.07, 6.45) is 11.0. The zero-order valence-corrected chi connectivity index (χ0v) is 14.8. The van der Waals surface area contributed by atoms with E-state index in [4.69, 9.17) is 4.74 Å². The van der Waals surface area contributed by atoms with E-state index in [9.17, 15) is 0 Å². The second-order valence-corrected chi connectivity index (χ2v) is 5.42. The van der Waals surface area contributed by atoms with Crippen molar-refractivity contribution in [2.45, 2.75) is 51.0 Å². The smallest absolute Gasteiger partial charge is 0.191 e. The highest BCUT2D eigenvalue weighted by molar-refractivity contribution is 14.0. The van der Waals surface area contributed by atoms with E-state index < -0.39 is 0 Å². The summed E-state index contributed by atoms with van der Waals surface area (Å²) in [6.45, 7) is 2.61. The third kappa shape index (κ3) is 6.43. The molecule has 5 heteroatoms. The molecule has 1 aliphatic carbocycles. The zero-order valence-electron chi connectivity index (χ0n) is 12.5. The van der Waals surface area contributed by atoms with Crippen molar-refractivity contribution in [1.82, 2.24) is 10.6 Å². The Morgan fingerprint density at radius 2 is 2.15 bits per heavy atom. The maximum absolute atomic E-state index is 5.32. The van der Waals surface area contributed by atoms with Gasteiger partial charge in [0.2, 0.25) is 0 Å². The van der Waals surface area contributed by atoms with Gasteiger partial charge in [-0.3, -0.25) is 4.99 Å². The zero-order chi connectivity index (χ0) is 13.3. The summed E-state index contributed by atoms with van der Waals surface area (Å²) >= 11 is 0. The van der Waals surface area contributed by atoms with Crippen molar-refractivity contribution in [2.75, 3.05) is 26.8 Å². The first-order chi connectivity index (χ1) is 9.38. The summed E-state index contributed by atoms with van der Waals surface area (Å²) in [7, 11) is 1.85. The SMILES string of the molecule is CN=C(NCCC1=CCOCC1)NC1CCCCC1.I. The topological polar surface area (TPSA) is 45.7 Å². The average Bonchev–Trinajstić information content (AvgIpc) is 2.48. The van der Waals surface area contributed by atoms with E-state index in [1.54, 1.807) is 0 Å². The van der Waals surface area contributed by atoms with Gasteiger partial charge in [-0.25, -0.2) is 0 Å². The molecule has 0 spiro atoms. The van der Waals surface area contributed by atoms with Crippen molar-refractivity contribution < 1.29 is 4.74 Å². The van der Waals surface area contributed by atoms with Crippen LogP contribution in [0.3, 0.4) is 0 Å². The summed E-state index contributed by atoms with van der Waals surface area (Å²) in [4.78, 5) is 4.32. The van der Waals surface area contributed by atoms with Crippen LogP contribution in [-0.4, -0.2) is 38.8 Å². The van der Waals surface area contributed by atoms with E-state index in [1.165, 1.54) is 37.7 Å². The maximum atomic E-state index is 5.32. The van der Waals surface area contributed by atoms with Crippen molar-refractivity contribution in [2.24, 2.45) is 4.99 Å². The van der Waals surface area contributed by atoms with Crippen LogP contribution < -0.4 is 10.6 Å². The predicted octanol–water partition coefficient (Wildman–Crippen LogP) is 2.84. The Labute approximate surface area is 139 Å². The molecule has 0 radical (unpaired) electrons. The monoisotopic (exact) mass is 393 g/mol. The van der Waals surface area contributed by atoms with Gasteiger partial charge in [0, 0.05) is 19.6 Å². The summed E-state index contributed by atoms with van der Waals surface area (Å²) in [5, 5.41) is 6.96. The molecule has 0 amide bonds. The Morgan fingerprint density at radius 3 is 2.80 bits per heavy atom. The van der Waals surface area contributed by atoms with Crippen LogP contribution in [0.4, 0.5) is 0 Å². The van der Waals surface area contributed by atoms with Gasteiger partial charge in [0.25, 0.3) is 0 Å². The highest BCUT2D eigenvalue weighted by atomic mass is 127. The summed E-state index contributed by atoms with van der Waals surface area (Å²) in [5.74, 6) is 0.958. The van der Waals surface area contributed by atoms with Crippen LogP contribution in [0.1, 0.15) is 44.9 Å². The molecule has 2 aliphatic rings. The lowest BCUT2D eigenvalue weighted by molar-refractivity contribution is 0.153. The molecule has 0 atom stereocenters. The third-order valence-corrected chi connectivity index (χ3v) is 3.97. The minimum Gasteiger partial charge on any atom is -0.377 e. The van der Waals surface area contributed by atoms with Crippen molar-refractivity contribution >= 4 is 29.9 Å². The number of halogens is 1. The first kappa shape index (κ1) is 17.8. The Kier molecular flexibility index (Phi) is 9.26. The molecule has 0 aromatic rings. The van der Waals surface area contributed by atoms with Crippen LogP contribution in [0.25, 0.3) is 0 Å². The lowest BCUT2D eigenvalue weighted by Gasteiger charge is -2.25. The first-order valence-electron chi connectivity index (χ1n) is 7.61. The van der Waals surface area contributed by atoms with Gasteiger partial charge in [0.15, 0.2) is 5.96 Å². The Morgan fingerprint density at radius 1 is 1.35 bits per heavy atom. The van der Waals surface area contributed by atoms with Crippen molar-refractivity contribution in [3.05, 3.63) is 11.6 Å². The number of nitrogens with zero attached hydrogens (tertiary/aromatic N) is 1. The number of nitrogens with one attached hydrogen (secondary N) is 2. The molecule has 0 aromatic carbocycles. The van der Waals surface area contributed by atoms with Crippen LogP contribution >= 0.6 is 24.0 Å². The second-order valence-electron chi connectivity index (χ2n) is 5.42. The molecule has 0 saturated heterocycles. The fourth-order valence-electron chi connectivity index (χ4n) is 2.77. The Balaban J connectivity index is 0.00000200. The normalized spacial score (nSPS) is 20.9. The van der Waals surface area contributed by atoms with Gasteiger partial charge in [-0.15, -0.1) is 24.0 Å². The van der Waals surface area contributed by atoms with Gasteiger partial charge in [0.05, 0.1) is 13.2 Å². The number of aliphatic imine (C=N–C) groups is 1. The van der Waals surface area contributed by atoms with Gasteiger partial charge in [0.1, 0.15) is 0 Å². The molecule has 0 unspecified atom stereocenters. The van der Waals surface area contributed by atoms with Crippen LogP contribution in [0.15, 0.2) is 16.6 Å². The highest BCUT2D eigenvalue weighted by Crippen LogP contribution is 2.17. The summed E-state index contributed by atoms with van der Waals surface area (Å²) in [5.41, 5.74) is 1.51. The molecule has 2 rings (SSSR count). The predicted molar refractivity (Wildman–Crippen MR) is 94.9 cm³/mol. The minimum absolute atomic E-state index is 0. The molecule has 1 fully saturated rings. The number of guanidine groups is 1. The number of hydrogen-bond acceptors (Lipinski definition) is 2. The molecular formula is C15H28IN3O. The molecular weight excluding hydrogens is 365 g/mol. The van der Waals surface area contributed by atoms with Gasteiger partial charge in [-0.1, -0.05) is 30.9 Å². The van der Waals surface area contributed by atoms with E-state index in [-0.39, 0.29) is 24.0 Å². The van der Waals surface area contributed by atoms with Crippen molar-refractivity contribution in [1.29, 1.82) is 0 Å². The van der Waals surface area contributed by atoms with E-state index in [0.29, 0.717) is 6.04 Å². The molecule has 20 heavy (non-hydrogen) atoms. The molecule has 1 aliphatic heterocycles. The molecule has 116 valence electrons. The average molecular weight is 393 g/mol. The van der Waals surface area contributed by atoms with Gasteiger partial charge in [-0.05, 0) is 25.7 Å². The highest BCUT2D eigenvalue weighted by Gasteiger charge is 2.14. The quantitative estimate of drug-likeness (QED) is 0.334. The standard InChI is InChI=1S/C15H27N3O.HI/c1-16-15(18-14-5-3-2-4-6-14)17-10-7-13-8-11-19-12-9-13;/h8,14H,2-7,9-12H2,1H3,(H2,16,17,18);1H. The van der Waals surface area contributed by atoms with Gasteiger partial charge in [-0.2, -0.15) is 0 Å². The van der Waals surface area contributed by atoms with Gasteiger partial charge >= 0.3 is 0 Å². The molecule has 4 nitrogen and oxygen atoms in total. The van der Waals surface area contributed by atoms with E-state index in [1.807, 2.05) is 7.05 Å². The Bertz CT molecular complexity index is 325. The van der Waals surface area contributed by atoms with Crippen molar-refractivity contribution in [3.63, 3.8) is 0 Å². The fraction of sp³-hybridized carbons (Fsp3) is 0.800. The molecule has 2 N–H and O–H groups in total. The minimum atomic E-state index is 0. The summed E-state index contributed by atoms with van der Waals surface area (Å²) in [6, 6.07) is 0.613. The van der Waals surface area contributed by atoms with Gasteiger partial charge < -0.3 is 15.4 Å². The number of rotatable bonds is 4. The first-order valence-corrected chi connectivity index (χ1v) is 7.61. The fourth-order valence-corrected chi connectivity index (χ4v) is 2.77.